The first-order chi connectivity index (χ1) is 19.8. The molecule has 1 saturated carbocycles. The van der Waals surface area contributed by atoms with Gasteiger partial charge in [0.15, 0.2) is 11.4 Å². The highest BCUT2D eigenvalue weighted by atomic mass is 16.4. The Labute approximate surface area is 240 Å². The number of para-hydroxylation sites is 1. The molecule has 1 fully saturated rings. The Bertz CT molecular complexity index is 1750. The number of carbonyl (C=O) groups is 3. The summed E-state index contributed by atoms with van der Waals surface area (Å²) in [7, 11) is 6.75. The molecule has 6 rings (SSSR count). The fraction of sp³-hybridized carbons (Fsp3) is 0.323. The quantitative estimate of drug-likeness (QED) is 0.291. The van der Waals surface area contributed by atoms with Gasteiger partial charge >= 0.3 is 0 Å². The van der Waals surface area contributed by atoms with Crippen LogP contribution >= 0.6 is 0 Å². The molecule has 3 aromatic rings. The van der Waals surface area contributed by atoms with Gasteiger partial charge in [-0.3, -0.25) is 19.3 Å². The minimum atomic E-state index is -2.69. The monoisotopic (exact) mass is 573 g/mol. The number of benzene rings is 2. The molecule has 1 heterocycles. The zero-order valence-electron chi connectivity index (χ0n) is 23.5. The number of hydrogen-bond acceptors (Lipinski definition) is 10. The lowest BCUT2D eigenvalue weighted by Crippen LogP contribution is -2.65. The Hall–Kier alpha value is -4.61. The van der Waals surface area contributed by atoms with Crippen molar-refractivity contribution in [3.63, 3.8) is 0 Å². The van der Waals surface area contributed by atoms with E-state index in [4.69, 9.17) is 10.2 Å². The van der Waals surface area contributed by atoms with Gasteiger partial charge in [-0.25, -0.2) is 0 Å². The zero-order chi connectivity index (χ0) is 30.4. The van der Waals surface area contributed by atoms with Crippen LogP contribution in [0.1, 0.15) is 17.5 Å². The average molecular weight is 574 g/mol. The van der Waals surface area contributed by atoms with Gasteiger partial charge in [-0.1, -0.05) is 18.2 Å². The Morgan fingerprint density at radius 1 is 1.07 bits per heavy atom. The molecule has 0 radical (unpaired) electrons. The first-order valence-electron chi connectivity index (χ1n) is 13.5. The molecule has 6 N–H and O–H groups in total. The number of furan rings is 1. The lowest BCUT2D eigenvalue weighted by atomic mass is 9.57. The number of aromatic hydroxyl groups is 1. The number of nitrogens with two attached hydrogens (primary N) is 1. The van der Waals surface area contributed by atoms with Gasteiger partial charge in [-0.2, -0.15) is 0 Å². The number of aliphatic hydroxyl groups is 3. The summed E-state index contributed by atoms with van der Waals surface area (Å²) in [4.78, 5) is 42.9. The van der Waals surface area contributed by atoms with Crippen LogP contribution in [0.4, 0.5) is 5.69 Å². The molecule has 0 spiro atoms. The second kappa shape index (κ2) is 9.20. The maximum absolute atomic E-state index is 14.1. The first-order valence-corrected chi connectivity index (χ1v) is 13.5. The van der Waals surface area contributed by atoms with Crippen molar-refractivity contribution in [3.05, 3.63) is 64.4 Å². The molecule has 218 valence electrons. The second-order valence-corrected chi connectivity index (χ2v) is 11.6. The number of phenols is 1. The van der Waals surface area contributed by atoms with Crippen molar-refractivity contribution < 1.29 is 39.2 Å². The molecule has 4 unspecified atom stereocenters. The van der Waals surface area contributed by atoms with Crippen LogP contribution in [0.15, 0.2) is 57.7 Å². The fourth-order valence-corrected chi connectivity index (χ4v) is 6.99. The molecule has 0 aliphatic heterocycles. The number of Topliss-reactive ketones (excluding diaryl/α,β-unsaturated/α-hetero) is 2. The SMILES string of the molecule is CN(C)c1cc(-c2cc3ccccc3o2)c(O)c2c1CC1CC3C(N(C)C)C(=O)C(C(N)=O)=C(O)C3(O)C(=O)C1=C2O. The fourth-order valence-electron chi connectivity index (χ4n) is 6.99. The minimum absolute atomic E-state index is 0.00736. The van der Waals surface area contributed by atoms with Crippen LogP contribution in [-0.4, -0.2) is 82.6 Å². The molecular formula is C31H31N3O8. The van der Waals surface area contributed by atoms with E-state index in [0.717, 1.165) is 5.39 Å². The molecule has 3 aliphatic rings. The van der Waals surface area contributed by atoms with Gasteiger partial charge in [0.1, 0.15) is 34.2 Å². The Balaban J connectivity index is 1.59. The highest BCUT2D eigenvalue weighted by molar-refractivity contribution is 6.24. The summed E-state index contributed by atoms with van der Waals surface area (Å²) >= 11 is 0. The van der Waals surface area contributed by atoms with Crippen LogP contribution in [0.3, 0.4) is 0 Å². The number of fused-ring (bicyclic) bond motifs is 4. The van der Waals surface area contributed by atoms with E-state index < -0.39 is 58.0 Å². The van der Waals surface area contributed by atoms with Gasteiger partial charge in [0, 0.05) is 36.7 Å². The summed E-state index contributed by atoms with van der Waals surface area (Å²) in [5, 5.41) is 46.9. The third kappa shape index (κ3) is 3.56. The topological polar surface area (TPSA) is 178 Å². The number of hydrogen-bond donors (Lipinski definition) is 5. The van der Waals surface area contributed by atoms with E-state index in [2.05, 4.69) is 0 Å². The molecule has 1 amide bonds. The van der Waals surface area contributed by atoms with Gasteiger partial charge in [-0.05, 0) is 56.6 Å². The molecule has 2 aromatic carbocycles. The van der Waals surface area contributed by atoms with Crippen LogP contribution in [-0.2, 0) is 20.8 Å². The number of anilines is 1. The number of likely N-dealkylation sites (N-methyl/N-ethyl adjacent to an activating group) is 1. The van der Waals surface area contributed by atoms with Gasteiger partial charge in [-0.15, -0.1) is 0 Å². The van der Waals surface area contributed by atoms with Crippen molar-refractivity contribution in [1.82, 2.24) is 4.90 Å². The molecular weight excluding hydrogens is 542 g/mol. The van der Waals surface area contributed by atoms with E-state index in [-0.39, 0.29) is 35.3 Å². The molecule has 42 heavy (non-hydrogen) atoms. The number of amides is 1. The van der Waals surface area contributed by atoms with Crippen LogP contribution in [0.2, 0.25) is 0 Å². The maximum Gasteiger partial charge on any atom is 0.255 e. The van der Waals surface area contributed by atoms with Crippen LogP contribution in [0.5, 0.6) is 5.75 Å². The molecule has 0 saturated heterocycles. The standard InChI is InChI=1S/C31H31N3O8/c1-33(2)18-12-16(20-11-13-7-5-6-8-19(13)42-20)25(35)22-15(18)9-14-10-17-24(34(3)4)27(37)23(30(32)40)29(39)31(17,41)28(38)21(14)26(22)36/h5-8,11-12,14,17,24,35-36,39,41H,9-10H2,1-4H3,(H2,32,40). The maximum atomic E-state index is 14.1. The number of rotatable bonds is 4. The molecule has 3 aliphatic carbocycles. The van der Waals surface area contributed by atoms with E-state index >= 15 is 0 Å². The van der Waals surface area contributed by atoms with Gasteiger partial charge in [0.2, 0.25) is 5.78 Å². The van der Waals surface area contributed by atoms with Crippen molar-refractivity contribution in [2.24, 2.45) is 17.6 Å². The van der Waals surface area contributed by atoms with Crippen molar-refractivity contribution >= 4 is 39.9 Å². The van der Waals surface area contributed by atoms with E-state index in [0.29, 0.717) is 22.6 Å². The minimum Gasteiger partial charge on any atom is -0.508 e. The number of primary amides is 1. The summed E-state index contributed by atoms with van der Waals surface area (Å²) in [6, 6.07) is 9.71. The van der Waals surface area contributed by atoms with Crippen molar-refractivity contribution in [2.75, 3.05) is 33.1 Å². The van der Waals surface area contributed by atoms with Crippen LogP contribution < -0.4 is 10.6 Å². The predicted octanol–water partition coefficient (Wildman–Crippen LogP) is 2.44. The Morgan fingerprint density at radius 3 is 2.38 bits per heavy atom. The van der Waals surface area contributed by atoms with Gasteiger partial charge in [0.25, 0.3) is 5.91 Å². The Morgan fingerprint density at radius 2 is 1.76 bits per heavy atom. The summed E-state index contributed by atoms with van der Waals surface area (Å²) in [6.07, 6.45) is 0.209. The smallest absolute Gasteiger partial charge is 0.255 e. The lowest BCUT2D eigenvalue weighted by molar-refractivity contribution is -0.153. The summed E-state index contributed by atoms with van der Waals surface area (Å²) in [6.45, 7) is 0. The highest BCUT2D eigenvalue weighted by Crippen LogP contribution is 2.55. The first kappa shape index (κ1) is 27.6. The Kier molecular flexibility index (Phi) is 6.03. The van der Waals surface area contributed by atoms with Crippen LogP contribution in [0.25, 0.3) is 28.1 Å². The zero-order valence-corrected chi connectivity index (χ0v) is 23.5. The predicted molar refractivity (Wildman–Crippen MR) is 154 cm³/mol. The highest BCUT2D eigenvalue weighted by Gasteiger charge is 2.64. The summed E-state index contributed by atoms with van der Waals surface area (Å²) < 4.78 is 6.00. The van der Waals surface area contributed by atoms with Crippen molar-refractivity contribution in [1.29, 1.82) is 0 Å². The van der Waals surface area contributed by atoms with E-state index in [1.54, 1.807) is 32.3 Å². The number of aliphatic hydroxyl groups excluding tert-OH is 2. The largest absolute Gasteiger partial charge is 0.508 e. The number of phenolic OH excluding ortho intramolecular Hbond substituents is 1. The third-order valence-corrected chi connectivity index (χ3v) is 8.87. The number of carbonyl (C=O) groups excluding carboxylic acids is 3. The number of ketones is 2. The molecule has 4 atom stereocenters. The molecule has 0 bridgehead atoms. The number of nitrogens with zero attached hydrogens (tertiary/aromatic N) is 2. The van der Waals surface area contributed by atoms with Crippen molar-refractivity contribution in [2.45, 2.75) is 24.5 Å². The van der Waals surface area contributed by atoms with Gasteiger partial charge < -0.3 is 35.5 Å². The lowest BCUT2D eigenvalue weighted by Gasteiger charge is -2.50. The van der Waals surface area contributed by atoms with E-state index in [1.807, 2.05) is 37.2 Å². The second-order valence-electron chi connectivity index (χ2n) is 11.6. The summed E-state index contributed by atoms with van der Waals surface area (Å²) in [5.41, 5.74) is 3.79. The molecule has 1 aromatic heterocycles. The van der Waals surface area contributed by atoms with Gasteiger partial charge in [0.05, 0.1) is 17.2 Å². The normalized spacial score (nSPS) is 25.5. The van der Waals surface area contributed by atoms with Crippen molar-refractivity contribution in [3.8, 4) is 17.1 Å². The third-order valence-electron chi connectivity index (χ3n) is 8.87. The molecule has 11 heteroatoms. The van der Waals surface area contributed by atoms with Crippen LogP contribution in [0, 0.1) is 11.8 Å². The van der Waals surface area contributed by atoms with E-state index in [9.17, 15) is 34.8 Å². The van der Waals surface area contributed by atoms with E-state index in [1.165, 1.54) is 4.90 Å². The summed E-state index contributed by atoms with van der Waals surface area (Å²) in [5.74, 6) is -6.56. The molecule has 11 nitrogen and oxygen atoms in total. The average Bonchev–Trinajstić information content (AvgIpc) is 3.34.